The minimum Gasteiger partial charge on any atom is -0.481 e. The van der Waals surface area contributed by atoms with Crippen molar-refractivity contribution < 1.29 is 14.7 Å². The van der Waals surface area contributed by atoms with Crippen molar-refractivity contribution in [2.24, 2.45) is 5.92 Å². The van der Waals surface area contributed by atoms with Gasteiger partial charge in [0.15, 0.2) is 0 Å². The van der Waals surface area contributed by atoms with Crippen molar-refractivity contribution in [3.8, 4) is 0 Å². The minimum absolute atomic E-state index is 0.0496. The average Bonchev–Trinajstić information content (AvgIpc) is 2.46. The lowest BCUT2D eigenvalue weighted by atomic mass is 9.92. The summed E-state index contributed by atoms with van der Waals surface area (Å²) in [6.45, 7) is 3.45. The smallest absolute Gasteiger partial charge is 0.317 e. The van der Waals surface area contributed by atoms with Gasteiger partial charge in [0.05, 0.1) is 0 Å². The number of rotatable bonds is 4. The molecule has 0 aromatic rings. The van der Waals surface area contributed by atoms with Crippen LogP contribution in [0.25, 0.3) is 0 Å². The van der Waals surface area contributed by atoms with Crippen molar-refractivity contribution >= 4 is 12.0 Å². The molecule has 6 heteroatoms. The molecule has 0 bridgehead atoms. The molecule has 0 atom stereocenters. The maximum Gasteiger partial charge on any atom is 0.317 e. The predicted molar refractivity (Wildman–Crippen MR) is 75.6 cm³/mol. The molecule has 2 fully saturated rings. The molecule has 2 aliphatic rings. The first-order valence-corrected chi connectivity index (χ1v) is 7.63. The quantitative estimate of drug-likeness (QED) is 0.719. The summed E-state index contributed by atoms with van der Waals surface area (Å²) in [7, 11) is 0. The van der Waals surface area contributed by atoms with Crippen LogP contribution in [0.4, 0.5) is 4.79 Å². The van der Waals surface area contributed by atoms with E-state index in [-0.39, 0.29) is 12.5 Å². The summed E-state index contributed by atoms with van der Waals surface area (Å²) in [6.07, 6.45) is 4.83. The van der Waals surface area contributed by atoms with Crippen molar-refractivity contribution in [2.75, 3.05) is 26.2 Å². The molecule has 0 aliphatic carbocycles. The fourth-order valence-corrected chi connectivity index (χ4v) is 2.98. The molecule has 114 valence electrons. The lowest BCUT2D eigenvalue weighted by molar-refractivity contribution is -0.137. The average molecular weight is 283 g/mol. The number of carbonyl (C=O) groups is 2. The summed E-state index contributed by atoms with van der Waals surface area (Å²) in [6, 6.07) is 0.349. The van der Waals surface area contributed by atoms with Gasteiger partial charge in [0.25, 0.3) is 0 Å². The molecule has 0 spiro atoms. The van der Waals surface area contributed by atoms with Crippen molar-refractivity contribution in [1.82, 2.24) is 15.5 Å². The highest BCUT2D eigenvalue weighted by molar-refractivity contribution is 5.74. The Kier molecular flexibility index (Phi) is 5.64. The van der Waals surface area contributed by atoms with Crippen LogP contribution in [0, 0.1) is 5.92 Å². The summed E-state index contributed by atoms with van der Waals surface area (Å²) in [5.74, 6) is -0.273. The molecule has 0 unspecified atom stereocenters. The maximum absolute atomic E-state index is 12.1. The second kappa shape index (κ2) is 7.47. The van der Waals surface area contributed by atoms with Gasteiger partial charge in [0.2, 0.25) is 0 Å². The van der Waals surface area contributed by atoms with Crippen LogP contribution in [0.5, 0.6) is 0 Å². The highest BCUT2D eigenvalue weighted by Gasteiger charge is 2.25. The van der Waals surface area contributed by atoms with E-state index in [1.165, 1.54) is 0 Å². The van der Waals surface area contributed by atoms with Crippen LogP contribution in [0.1, 0.15) is 38.5 Å². The number of hydrogen-bond acceptors (Lipinski definition) is 3. The van der Waals surface area contributed by atoms with Gasteiger partial charge < -0.3 is 20.6 Å². The van der Waals surface area contributed by atoms with Gasteiger partial charge in [-0.3, -0.25) is 4.79 Å². The Hall–Kier alpha value is -1.30. The molecule has 2 amide bonds. The van der Waals surface area contributed by atoms with Gasteiger partial charge in [-0.2, -0.15) is 0 Å². The number of aliphatic carboxylic acids is 1. The Bertz CT molecular complexity index is 335. The van der Waals surface area contributed by atoms with Crippen molar-refractivity contribution in [2.45, 2.75) is 44.6 Å². The number of carboxylic acid groups (broad SMARTS) is 1. The number of likely N-dealkylation sites (tertiary alicyclic amines) is 1. The Balaban J connectivity index is 1.67. The second-order valence-corrected chi connectivity index (χ2v) is 5.84. The Morgan fingerprint density at radius 3 is 2.40 bits per heavy atom. The van der Waals surface area contributed by atoms with E-state index in [4.69, 9.17) is 5.11 Å². The van der Waals surface area contributed by atoms with Crippen LogP contribution in [0.15, 0.2) is 0 Å². The molecular formula is C14H25N3O3. The Morgan fingerprint density at radius 1 is 1.15 bits per heavy atom. The Morgan fingerprint density at radius 2 is 1.80 bits per heavy atom. The maximum atomic E-state index is 12.1. The third-order valence-electron chi connectivity index (χ3n) is 4.33. The first kappa shape index (κ1) is 15.1. The van der Waals surface area contributed by atoms with Crippen molar-refractivity contribution in [1.29, 1.82) is 0 Å². The molecule has 0 radical (unpaired) electrons. The van der Waals surface area contributed by atoms with Gasteiger partial charge in [-0.05, 0) is 51.1 Å². The first-order valence-electron chi connectivity index (χ1n) is 7.63. The number of amides is 2. The molecule has 0 aromatic heterocycles. The number of hydrogen-bond donors (Lipinski definition) is 3. The monoisotopic (exact) mass is 283 g/mol. The van der Waals surface area contributed by atoms with E-state index in [1.54, 1.807) is 0 Å². The summed E-state index contributed by atoms with van der Waals surface area (Å²) < 4.78 is 0. The van der Waals surface area contributed by atoms with Crippen molar-refractivity contribution in [3.63, 3.8) is 0 Å². The largest absolute Gasteiger partial charge is 0.481 e. The van der Waals surface area contributed by atoms with Crippen LogP contribution in [0.2, 0.25) is 0 Å². The minimum atomic E-state index is -0.726. The third-order valence-corrected chi connectivity index (χ3v) is 4.33. The van der Waals surface area contributed by atoms with E-state index >= 15 is 0 Å². The van der Waals surface area contributed by atoms with E-state index in [9.17, 15) is 9.59 Å². The van der Waals surface area contributed by atoms with E-state index < -0.39 is 5.97 Å². The second-order valence-electron chi connectivity index (χ2n) is 5.84. The number of nitrogens with zero attached hydrogens (tertiary/aromatic N) is 1. The summed E-state index contributed by atoms with van der Waals surface area (Å²) in [4.78, 5) is 24.6. The molecule has 2 heterocycles. The van der Waals surface area contributed by atoms with Gasteiger partial charge in [0, 0.05) is 25.6 Å². The molecule has 0 saturated carbocycles. The number of carboxylic acids is 1. The number of piperidine rings is 2. The lowest BCUT2D eigenvalue weighted by Gasteiger charge is -2.34. The van der Waals surface area contributed by atoms with E-state index in [2.05, 4.69) is 10.6 Å². The van der Waals surface area contributed by atoms with Gasteiger partial charge in [-0.25, -0.2) is 4.79 Å². The highest BCUT2D eigenvalue weighted by atomic mass is 16.4. The van der Waals surface area contributed by atoms with E-state index in [0.717, 1.165) is 58.3 Å². The van der Waals surface area contributed by atoms with Gasteiger partial charge in [-0.1, -0.05) is 0 Å². The third kappa shape index (κ3) is 4.67. The highest BCUT2D eigenvalue weighted by Crippen LogP contribution is 2.22. The lowest BCUT2D eigenvalue weighted by Crippen LogP contribution is -2.50. The summed E-state index contributed by atoms with van der Waals surface area (Å²) in [5, 5.41) is 15.1. The van der Waals surface area contributed by atoms with Crippen molar-refractivity contribution in [3.05, 3.63) is 0 Å². The van der Waals surface area contributed by atoms with Gasteiger partial charge in [-0.15, -0.1) is 0 Å². The SMILES string of the molecule is O=C(O)CCC1CCN(C(=O)NC2CCNCC2)CC1. The summed E-state index contributed by atoms with van der Waals surface area (Å²) >= 11 is 0. The Labute approximate surface area is 119 Å². The summed E-state index contributed by atoms with van der Waals surface area (Å²) in [5.41, 5.74) is 0. The zero-order chi connectivity index (χ0) is 14.4. The predicted octanol–water partition coefficient (Wildman–Crippen LogP) is 1.02. The molecular weight excluding hydrogens is 258 g/mol. The number of nitrogens with one attached hydrogen (secondary N) is 2. The van der Waals surface area contributed by atoms with Gasteiger partial charge >= 0.3 is 12.0 Å². The molecule has 20 heavy (non-hydrogen) atoms. The van der Waals surface area contributed by atoms with E-state index in [0.29, 0.717) is 12.0 Å². The molecule has 3 N–H and O–H groups in total. The fraction of sp³-hybridized carbons (Fsp3) is 0.857. The fourth-order valence-electron chi connectivity index (χ4n) is 2.98. The van der Waals surface area contributed by atoms with E-state index in [1.807, 2.05) is 4.90 Å². The normalized spacial score (nSPS) is 21.7. The van der Waals surface area contributed by atoms with Crippen LogP contribution < -0.4 is 10.6 Å². The molecule has 2 rings (SSSR count). The first-order chi connectivity index (χ1) is 9.65. The zero-order valence-corrected chi connectivity index (χ0v) is 11.9. The standard InChI is InChI=1S/C14H25N3O3/c18-13(19)2-1-11-5-9-17(10-6-11)14(20)16-12-3-7-15-8-4-12/h11-12,15H,1-10H2,(H,16,20)(H,18,19). The number of carbonyl (C=O) groups excluding carboxylic acids is 1. The molecule has 2 saturated heterocycles. The zero-order valence-electron chi connectivity index (χ0n) is 11.9. The molecule has 6 nitrogen and oxygen atoms in total. The number of urea groups is 1. The van der Waals surface area contributed by atoms with Gasteiger partial charge in [0.1, 0.15) is 0 Å². The topological polar surface area (TPSA) is 81.7 Å². The van der Waals surface area contributed by atoms with Crippen LogP contribution in [-0.2, 0) is 4.79 Å². The van der Waals surface area contributed by atoms with Crippen LogP contribution >= 0.6 is 0 Å². The van der Waals surface area contributed by atoms with Crippen LogP contribution in [0.3, 0.4) is 0 Å². The molecule has 0 aromatic carbocycles. The van der Waals surface area contributed by atoms with Crippen LogP contribution in [-0.4, -0.2) is 54.2 Å². The molecule has 2 aliphatic heterocycles.